The molecule has 0 unspecified atom stereocenters. The van der Waals surface area contributed by atoms with Crippen LogP contribution in [0.3, 0.4) is 0 Å². The van der Waals surface area contributed by atoms with Crippen LogP contribution < -0.4 is 10.6 Å². The van der Waals surface area contributed by atoms with Gasteiger partial charge < -0.3 is 9.47 Å². The first-order valence-electron chi connectivity index (χ1n) is 12.2. The molecule has 35 heavy (non-hydrogen) atoms. The maximum absolute atomic E-state index is 12.2. The molecule has 0 aromatic heterocycles. The third-order valence-corrected chi connectivity index (χ3v) is 5.59. The van der Waals surface area contributed by atoms with Crippen LogP contribution in [0.15, 0.2) is 78.9 Å². The van der Waals surface area contributed by atoms with Crippen LogP contribution in [-0.4, -0.2) is 25.4 Å². The van der Waals surface area contributed by atoms with E-state index in [-0.39, 0.29) is 0 Å². The molecule has 0 bridgehead atoms. The van der Waals surface area contributed by atoms with Crippen LogP contribution >= 0.6 is 0 Å². The highest BCUT2D eigenvalue weighted by Crippen LogP contribution is 2.21. The van der Waals surface area contributed by atoms with Crippen molar-refractivity contribution >= 4 is 23.6 Å². The van der Waals surface area contributed by atoms with Crippen molar-refractivity contribution in [1.82, 2.24) is 0 Å². The number of benzene rings is 3. The topological polar surface area (TPSA) is 76.7 Å². The quantitative estimate of drug-likeness (QED) is 0.274. The molecule has 3 aromatic carbocycles. The van der Waals surface area contributed by atoms with Gasteiger partial charge in [0.05, 0.1) is 13.2 Å². The minimum Gasteiger partial charge on any atom is -0.449 e. The predicted molar refractivity (Wildman–Crippen MR) is 140 cm³/mol. The van der Waals surface area contributed by atoms with Crippen molar-refractivity contribution in [2.75, 3.05) is 23.8 Å². The Kier molecular flexibility index (Phi) is 10.7. The van der Waals surface area contributed by atoms with E-state index in [4.69, 9.17) is 9.47 Å². The highest BCUT2D eigenvalue weighted by atomic mass is 16.6. The Morgan fingerprint density at radius 1 is 0.657 bits per heavy atom. The minimum atomic E-state index is -0.513. The summed E-state index contributed by atoms with van der Waals surface area (Å²) in [7, 11) is 0. The number of rotatable bonds is 12. The number of hydrogen-bond acceptors (Lipinski definition) is 4. The Labute approximate surface area is 207 Å². The summed E-state index contributed by atoms with van der Waals surface area (Å²) in [6.07, 6.45) is 4.38. The van der Waals surface area contributed by atoms with Gasteiger partial charge in [-0.2, -0.15) is 0 Å². The van der Waals surface area contributed by atoms with Crippen LogP contribution in [0.25, 0.3) is 0 Å². The number of hydrogen-bond donors (Lipinski definition) is 2. The van der Waals surface area contributed by atoms with E-state index < -0.39 is 12.2 Å². The van der Waals surface area contributed by atoms with Crippen LogP contribution in [-0.2, 0) is 22.3 Å². The van der Waals surface area contributed by atoms with Crippen LogP contribution in [0.1, 0.15) is 42.4 Å². The van der Waals surface area contributed by atoms with E-state index >= 15 is 0 Å². The molecule has 0 radical (unpaired) electrons. The molecule has 0 aliphatic carbocycles. The molecule has 0 heterocycles. The smallest absolute Gasteiger partial charge is 0.411 e. The first-order valence-corrected chi connectivity index (χ1v) is 12.2. The summed E-state index contributed by atoms with van der Waals surface area (Å²) < 4.78 is 10.6. The van der Waals surface area contributed by atoms with Crippen molar-refractivity contribution in [3.63, 3.8) is 0 Å². The summed E-state index contributed by atoms with van der Waals surface area (Å²) in [6, 6.07) is 25.8. The number of amides is 2. The normalized spacial score (nSPS) is 10.4. The largest absolute Gasteiger partial charge is 0.449 e. The Morgan fingerprint density at radius 3 is 1.71 bits per heavy atom. The maximum atomic E-state index is 12.2. The van der Waals surface area contributed by atoms with Crippen LogP contribution in [0, 0.1) is 6.92 Å². The van der Waals surface area contributed by atoms with Crippen molar-refractivity contribution in [3.05, 3.63) is 95.6 Å². The van der Waals surface area contributed by atoms with E-state index in [2.05, 4.69) is 34.9 Å². The molecule has 2 amide bonds. The van der Waals surface area contributed by atoms with Gasteiger partial charge in [0.1, 0.15) is 0 Å². The SMILES string of the molecule is Cc1ccc(NC(=O)OCCCCc2ccccc2)cc1NC(=O)OCCCCc1ccccc1. The molecule has 3 rings (SSSR count). The molecule has 0 aliphatic heterocycles. The highest BCUT2D eigenvalue weighted by molar-refractivity contribution is 5.89. The molecule has 0 saturated carbocycles. The lowest BCUT2D eigenvalue weighted by Gasteiger charge is -2.12. The van der Waals surface area contributed by atoms with Crippen molar-refractivity contribution < 1.29 is 19.1 Å². The summed E-state index contributed by atoms with van der Waals surface area (Å²) in [5, 5.41) is 5.47. The first kappa shape index (κ1) is 25.8. The number of unbranched alkanes of at least 4 members (excludes halogenated alkanes) is 2. The van der Waals surface area contributed by atoms with Gasteiger partial charge in [0.15, 0.2) is 0 Å². The summed E-state index contributed by atoms with van der Waals surface area (Å²) >= 11 is 0. The zero-order valence-electron chi connectivity index (χ0n) is 20.3. The number of ether oxygens (including phenoxy) is 2. The second kappa shape index (κ2) is 14.5. The lowest BCUT2D eigenvalue weighted by Crippen LogP contribution is -2.17. The number of carbonyl (C=O) groups is 2. The first-order chi connectivity index (χ1) is 17.1. The number of anilines is 2. The fourth-order valence-corrected chi connectivity index (χ4v) is 3.62. The second-order valence-electron chi connectivity index (χ2n) is 8.44. The molecule has 184 valence electrons. The summed E-state index contributed by atoms with van der Waals surface area (Å²) in [5.74, 6) is 0. The molecule has 0 saturated heterocycles. The van der Waals surface area contributed by atoms with Crippen molar-refractivity contribution in [2.45, 2.75) is 45.4 Å². The number of nitrogens with one attached hydrogen (secondary N) is 2. The van der Waals surface area contributed by atoms with Gasteiger partial charge in [0.2, 0.25) is 0 Å². The van der Waals surface area contributed by atoms with Crippen molar-refractivity contribution in [1.29, 1.82) is 0 Å². The second-order valence-corrected chi connectivity index (χ2v) is 8.44. The summed E-state index contributed by atoms with van der Waals surface area (Å²) in [4.78, 5) is 24.3. The van der Waals surface area contributed by atoms with E-state index in [1.165, 1.54) is 11.1 Å². The average molecular weight is 475 g/mol. The number of aryl methyl sites for hydroxylation is 3. The maximum Gasteiger partial charge on any atom is 0.411 e. The summed E-state index contributed by atoms with van der Waals surface area (Å²) in [6.45, 7) is 2.59. The Morgan fingerprint density at radius 2 is 1.17 bits per heavy atom. The zero-order valence-corrected chi connectivity index (χ0v) is 20.3. The molecule has 0 fully saturated rings. The molecule has 6 nitrogen and oxygen atoms in total. The lowest BCUT2D eigenvalue weighted by molar-refractivity contribution is 0.158. The lowest BCUT2D eigenvalue weighted by atomic mass is 10.1. The average Bonchev–Trinajstić information content (AvgIpc) is 2.87. The van der Waals surface area contributed by atoms with Gasteiger partial charge in [-0.25, -0.2) is 9.59 Å². The van der Waals surface area contributed by atoms with Gasteiger partial charge in [-0.3, -0.25) is 10.6 Å². The minimum absolute atomic E-state index is 0.353. The highest BCUT2D eigenvalue weighted by Gasteiger charge is 2.09. The fraction of sp³-hybridized carbons (Fsp3) is 0.310. The van der Waals surface area contributed by atoms with E-state index in [0.29, 0.717) is 24.6 Å². The van der Waals surface area contributed by atoms with Crippen LogP contribution in [0.5, 0.6) is 0 Å². The number of carbonyl (C=O) groups excluding carboxylic acids is 2. The van der Waals surface area contributed by atoms with Crippen molar-refractivity contribution in [3.8, 4) is 0 Å². The zero-order chi connectivity index (χ0) is 24.7. The van der Waals surface area contributed by atoms with E-state index in [0.717, 1.165) is 44.1 Å². The molecule has 0 aliphatic rings. The fourth-order valence-electron chi connectivity index (χ4n) is 3.62. The van der Waals surface area contributed by atoms with Crippen LogP contribution in [0.2, 0.25) is 0 Å². The molecule has 0 atom stereocenters. The Hall–Kier alpha value is -3.80. The predicted octanol–water partition coefficient (Wildman–Crippen LogP) is 7.14. The summed E-state index contributed by atoms with van der Waals surface area (Å²) in [5.41, 5.74) is 4.55. The van der Waals surface area contributed by atoms with Gasteiger partial charge in [0, 0.05) is 11.4 Å². The monoisotopic (exact) mass is 474 g/mol. The molecular formula is C29H34N2O4. The van der Waals surface area contributed by atoms with Gasteiger partial charge in [0.25, 0.3) is 0 Å². The third-order valence-electron chi connectivity index (χ3n) is 5.59. The van der Waals surface area contributed by atoms with Crippen LogP contribution in [0.4, 0.5) is 21.0 Å². The van der Waals surface area contributed by atoms with Gasteiger partial charge >= 0.3 is 12.2 Å². The molecule has 3 aromatic rings. The van der Waals surface area contributed by atoms with Crippen molar-refractivity contribution in [2.24, 2.45) is 0 Å². The molecular weight excluding hydrogens is 440 g/mol. The molecule has 6 heteroatoms. The third kappa shape index (κ3) is 9.92. The standard InChI is InChI=1S/C29H34N2O4/c1-23-18-19-26(30-28(32)34-20-10-8-16-24-12-4-2-5-13-24)22-27(23)31-29(33)35-21-11-9-17-25-14-6-3-7-15-25/h2-7,12-15,18-19,22H,8-11,16-17,20-21H2,1H3,(H,30,32)(H,31,33). The van der Waals surface area contributed by atoms with E-state index in [1.54, 1.807) is 12.1 Å². The molecule has 2 N–H and O–H groups in total. The van der Waals surface area contributed by atoms with Gasteiger partial charge in [-0.05, 0) is 74.3 Å². The van der Waals surface area contributed by atoms with Gasteiger partial charge in [-0.1, -0.05) is 66.7 Å². The Bertz CT molecular complexity index is 1050. The molecule has 0 spiro atoms. The van der Waals surface area contributed by atoms with E-state index in [9.17, 15) is 9.59 Å². The van der Waals surface area contributed by atoms with Gasteiger partial charge in [-0.15, -0.1) is 0 Å². The van der Waals surface area contributed by atoms with E-state index in [1.807, 2.05) is 49.4 Å². The Balaban J connectivity index is 1.33.